The van der Waals surface area contributed by atoms with Gasteiger partial charge < -0.3 is 19.4 Å². The highest BCUT2D eigenvalue weighted by atomic mass is 35.5. The molecule has 2 aromatic carbocycles. The van der Waals surface area contributed by atoms with Crippen molar-refractivity contribution in [1.29, 1.82) is 0 Å². The molecular weight excluding hydrogens is 446 g/mol. The van der Waals surface area contributed by atoms with Crippen molar-refractivity contribution in [3.05, 3.63) is 77.8 Å². The van der Waals surface area contributed by atoms with Gasteiger partial charge in [0.15, 0.2) is 5.79 Å². The van der Waals surface area contributed by atoms with Crippen LogP contribution < -0.4 is 5.32 Å². The van der Waals surface area contributed by atoms with E-state index in [1.165, 1.54) is 12.5 Å². The molecule has 0 aliphatic carbocycles. The van der Waals surface area contributed by atoms with Crippen LogP contribution in [0.15, 0.2) is 72.1 Å². The molecule has 1 aliphatic heterocycles. The van der Waals surface area contributed by atoms with E-state index in [9.17, 15) is 4.79 Å². The van der Waals surface area contributed by atoms with Crippen LogP contribution >= 0.6 is 23.4 Å². The molecule has 32 heavy (non-hydrogen) atoms. The van der Waals surface area contributed by atoms with Crippen molar-refractivity contribution in [3.8, 4) is 0 Å². The molecule has 1 fully saturated rings. The number of benzene rings is 2. The molecule has 0 bridgehead atoms. The number of ether oxygens (including phenoxy) is 2. The topological polar surface area (TPSA) is 65.4 Å². The predicted octanol–water partition coefficient (Wildman–Crippen LogP) is 5.03. The minimum atomic E-state index is -0.694. The van der Waals surface area contributed by atoms with Gasteiger partial charge in [-0.15, -0.1) is 11.8 Å². The van der Waals surface area contributed by atoms with Crippen LogP contribution in [0.3, 0.4) is 0 Å². The van der Waals surface area contributed by atoms with E-state index in [0.29, 0.717) is 13.2 Å². The second kappa shape index (κ2) is 10.5. The number of thioether (sulfide) groups is 1. The van der Waals surface area contributed by atoms with Crippen molar-refractivity contribution in [3.63, 3.8) is 0 Å². The predicted molar refractivity (Wildman–Crippen MR) is 127 cm³/mol. The number of anilines is 1. The fourth-order valence-electron chi connectivity index (χ4n) is 3.66. The van der Waals surface area contributed by atoms with Gasteiger partial charge in [0.1, 0.15) is 0 Å². The Morgan fingerprint density at radius 1 is 1.25 bits per heavy atom. The van der Waals surface area contributed by atoms with E-state index >= 15 is 0 Å². The molecule has 2 atom stereocenters. The average Bonchev–Trinajstić information content (AvgIpc) is 3.43. The van der Waals surface area contributed by atoms with Crippen LogP contribution in [0.1, 0.15) is 18.9 Å². The standard InChI is InChI=1S/C24H26ClN3O3S/c1-18(29)27-21-6-8-23(9-7-21)32-15-22-14-30-24(31-22,16-28-13-12-26-17-28)11-10-19-2-4-20(25)5-3-19/h2-9,12-13,17,22H,10-11,14-16H2,1H3,(H,27,29)/t22-,24-/m0/s1. The first-order valence-corrected chi connectivity index (χ1v) is 11.9. The average molecular weight is 472 g/mol. The molecular formula is C24H26ClN3O3S. The fraction of sp³-hybridized carbons (Fsp3) is 0.333. The number of amides is 1. The van der Waals surface area contributed by atoms with Crippen LogP contribution in [0.2, 0.25) is 5.02 Å². The summed E-state index contributed by atoms with van der Waals surface area (Å²) in [6, 6.07) is 15.7. The lowest BCUT2D eigenvalue weighted by Crippen LogP contribution is -2.37. The summed E-state index contributed by atoms with van der Waals surface area (Å²) in [5.41, 5.74) is 1.99. The molecule has 0 unspecified atom stereocenters. The highest BCUT2D eigenvalue weighted by molar-refractivity contribution is 7.99. The number of imidazole rings is 1. The summed E-state index contributed by atoms with van der Waals surface area (Å²) in [5, 5.41) is 3.52. The summed E-state index contributed by atoms with van der Waals surface area (Å²) in [6.45, 7) is 2.64. The molecule has 8 heteroatoms. The van der Waals surface area contributed by atoms with E-state index in [4.69, 9.17) is 21.1 Å². The summed E-state index contributed by atoms with van der Waals surface area (Å²) in [6.07, 6.45) is 7.03. The normalized spacial score (nSPS) is 20.4. The molecule has 6 nitrogen and oxygen atoms in total. The minimum Gasteiger partial charge on any atom is -0.345 e. The number of nitrogens with zero attached hydrogens (tertiary/aromatic N) is 2. The van der Waals surface area contributed by atoms with E-state index in [-0.39, 0.29) is 12.0 Å². The van der Waals surface area contributed by atoms with Gasteiger partial charge in [-0.1, -0.05) is 23.7 Å². The number of rotatable bonds is 9. The first kappa shape index (κ1) is 22.9. The largest absolute Gasteiger partial charge is 0.345 e. The highest BCUT2D eigenvalue weighted by Gasteiger charge is 2.41. The number of nitrogens with one attached hydrogen (secondary N) is 1. The van der Waals surface area contributed by atoms with Crippen LogP contribution in [0.5, 0.6) is 0 Å². The van der Waals surface area contributed by atoms with Gasteiger partial charge >= 0.3 is 0 Å². The molecule has 0 radical (unpaired) electrons. The molecule has 0 spiro atoms. The second-order valence-electron chi connectivity index (χ2n) is 7.84. The number of carbonyl (C=O) groups is 1. The number of aryl methyl sites for hydroxylation is 1. The van der Waals surface area contributed by atoms with Crippen LogP contribution in [0.25, 0.3) is 0 Å². The number of carbonyl (C=O) groups excluding carboxylic acids is 1. The third-order valence-corrected chi connectivity index (χ3v) is 6.61. The van der Waals surface area contributed by atoms with Gasteiger partial charge in [-0.25, -0.2) is 4.98 Å². The first-order valence-electron chi connectivity index (χ1n) is 10.5. The zero-order chi connectivity index (χ0) is 22.4. The van der Waals surface area contributed by atoms with Crippen molar-refractivity contribution in [2.75, 3.05) is 17.7 Å². The van der Waals surface area contributed by atoms with Crippen LogP contribution in [-0.4, -0.2) is 39.7 Å². The zero-order valence-corrected chi connectivity index (χ0v) is 19.4. The van der Waals surface area contributed by atoms with Crippen molar-refractivity contribution in [2.45, 2.75) is 43.1 Å². The Labute approximate surface area is 197 Å². The minimum absolute atomic E-state index is 0.0104. The maximum atomic E-state index is 11.2. The van der Waals surface area contributed by atoms with Crippen molar-refractivity contribution in [2.24, 2.45) is 0 Å². The Hall–Kier alpha value is -2.32. The van der Waals surface area contributed by atoms with Crippen LogP contribution in [0, 0.1) is 0 Å². The molecule has 168 valence electrons. The summed E-state index contributed by atoms with van der Waals surface area (Å²) in [5.74, 6) is 0.0159. The molecule has 1 saturated heterocycles. The lowest BCUT2D eigenvalue weighted by molar-refractivity contribution is -0.180. The quantitative estimate of drug-likeness (QED) is 0.443. The Morgan fingerprint density at radius 3 is 2.72 bits per heavy atom. The molecule has 3 aromatic rings. The van der Waals surface area contributed by atoms with Crippen LogP contribution in [-0.2, 0) is 27.2 Å². The summed E-state index contributed by atoms with van der Waals surface area (Å²) >= 11 is 7.73. The van der Waals surface area contributed by atoms with E-state index in [0.717, 1.165) is 34.2 Å². The second-order valence-corrected chi connectivity index (χ2v) is 9.37. The maximum absolute atomic E-state index is 11.2. The molecule has 2 heterocycles. The summed E-state index contributed by atoms with van der Waals surface area (Å²) in [7, 11) is 0. The highest BCUT2D eigenvalue weighted by Crippen LogP contribution is 2.33. The monoisotopic (exact) mass is 471 g/mol. The van der Waals surface area contributed by atoms with Crippen molar-refractivity contribution >= 4 is 35.0 Å². The number of halogens is 1. The SMILES string of the molecule is CC(=O)Nc1ccc(SC[C@@H]2CO[C@](CCc3ccc(Cl)cc3)(Cn3ccnc3)O2)cc1. The Balaban J connectivity index is 1.36. The van der Waals surface area contributed by atoms with Gasteiger partial charge in [0.05, 0.1) is 25.6 Å². The number of hydrogen-bond donors (Lipinski definition) is 1. The Kier molecular flexibility index (Phi) is 7.52. The van der Waals surface area contributed by atoms with Crippen LogP contribution in [0.4, 0.5) is 5.69 Å². The van der Waals surface area contributed by atoms with Gasteiger partial charge in [0.25, 0.3) is 0 Å². The van der Waals surface area contributed by atoms with Gasteiger partial charge in [-0.2, -0.15) is 0 Å². The lowest BCUT2D eigenvalue weighted by atomic mass is 10.0. The van der Waals surface area contributed by atoms with Crippen molar-refractivity contribution < 1.29 is 14.3 Å². The van der Waals surface area contributed by atoms with Gasteiger partial charge in [-0.3, -0.25) is 4.79 Å². The Morgan fingerprint density at radius 2 is 2.03 bits per heavy atom. The van der Waals surface area contributed by atoms with E-state index in [1.54, 1.807) is 24.3 Å². The zero-order valence-electron chi connectivity index (χ0n) is 17.9. The van der Waals surface area contributed by atoms with E-state index in [1.807, 2.05) is 59.3 Å². The smallest absolute Gasteiger partial charge is 0.221 e. The van der Waals surface area contributed by atoms with E-state index < -0.39 is 5.79 Å². The van der Waals surface area contributed by atoms with Gasteiger partial charge in [0, 0.05) is 47.1 Å². The van der Waals surface area contributed by atoms with Crippen molar-refractivity contribution in [1.82, 2.24) is 9.55 Å². The maximum Gasteiger partial charge on any atom is 0.221 e. The molecule has 1 amide bonds. The van der Waals surface area contributed by atoms with Gasteiger partial charge in [0.2, 0.25) is 5.91 Å². The Bertz CT molecular complexity index is 1010. The molecule has 1 aliphatic rings. The molecule has 1 N–H and O–H groups in total. The third kappa shape index (κ3) is 6.36. The summed E-state index contributed by atoms with van der Waals surface area (Å²) < 4.78 is 14.8. The first-order chi connectivity index (χ1) is 15.5. The fourth-order valence-corrected chi connectivity index (χ4v) is 4.66. The van der Waals surface area contributed by atoms with Gasteiger partial charge in [-0.05, 0) is 48.4 Å². The molecule has 1 aromatic heterocycles. The third-order valence-electron chi connectivity index (χ3n) is 5.21. The molecule has 0 saturated carbocycles. The summed E-state index contributed by atoms with van der Waals surface area (Å²) in [4.78, 5) is 16.4. The lowest BCUT2D eigenvalue weighted by Gasteiger charge is -2.28. The molecule has 4 rings (SSSR count). The number of hydrogen-bond acceptors (Lipinski definition) is 5. The number of aromatic nitrogens is 2. The van der Waals surface area contributed by atoms with E-state index in [2.05, 4.69) is 10.3 Å².